The molecule has 1 saturated heterocycles. The maximum Gasteiger partial charge on any atom is 0.255 e. The van der Waals surface area contributed by atoms with Crippen LogP contribution in [0.5, 0.6) is 5.75 Å². The summed E-state index contributed by atoms with van der Waals surface area (Å²) in [5.41, 5.74) is 1.63. The van der Waals surface area contributed by atoms with Gasteiger partial charge in [-0.05, 0) is 65.4 Å². The standard InChI is InChI=1S/C17H16INO4/c18-13-5-2-11(3-6-13)16(21)19-14-10-12(4-7-15(14)20)17-22-8-1-9-23-17/h2-7,10,17,20H,1,8-9H2,(H,19,21). The van der Waals surface area contributed by atoms with E-state index in [4.69, 9.17) is 9.47 Å². The summed E-state index contributed by atoms with van der Waals surface area (Å²) in [4.78, 5) is 12.3. The van der Waals surface area contributed by atoms with E-state index in [9.17, 15) is 9.90 Å². The third kappa shape index (κ3) is 4.01. The van der Waals surface area contributed by atoms with Gasteiger partial charge < -0.3 is 19.9 Å². The van der Waals surface area contributed by atoms with Gasteiger partial charge in [0.2, 0.25) is 0 Å². The molecule has 1 fully saturated rings. The van der Waals surface area contributed by atoms with Crippen LogP contribution in [0.4, 0.5) is 5.69 Å². The maximum atomic E-state index is 12.3. The molecule has 3 rings (SSSR count). The van der Waals surface area contributed by atoms with Crippen LogP contribution in [0.15, 0.2) is 42.5 Å². The lowest BCUT2D eigenvalue weighted by molar-refractivity contribution is -0.183. The number of hydrogen-bond donors (Lipinski definition) is 2. The fourth-order valence-corrected chi connectivity index (χ4v) is 2.64. The van der Waals surface area contributed by atoms with Crippen LogP contribution in [0, 0.1) is 3.57 Å². The number of ether oxygens (including phenoxy) is 2. The van der Waals surface area contributed by atoms with Crippen molar-refractivity contribution in [1.29, 1.82) is 0 Å². The van der Waals surface area contributed by atoms with Gasteiger partial charge in [0.1, 0.15) is 5.75 Å². The van der Waals surface area contributed by atoms with Crippen molar-refractivity contribution in [2.75, 3.05) is 18.5 Å². The summed E-state index contributed by atoms with van der Waals surface area (Å²) in [6.07, 6.45) is 0.406. The van der Waals surface area contributed by atoms with Crippen molar-refractivity contribution in [3.63, 3.8) is 0 Å². The summed E-state index contributed by atoms with van der Waals surface area (Å²) < 4.78 is 12.1. The number of carbonyl (C=O) groups excluding carboxylic acids is 1. The Morgan fingerprint density at radius 2 is 1.83 bits per heavy atom. The highest BCUT2D eigenvalue weighted by molar-refractivity contribution is 14.1. The zero-order valence-electron chi connectivity index (χ0n) is 12.3. The van der Waals surface area contributed by atoms with Gasteiger partial charge in [0.05, 0.1) is 18.9 Å². The van der Waals surface area contributed by atoms with Gasteiger partial charge in [-0.15, -0.1) is 0 Å². The molecule has 0 spiro atoms. The minimum atomic E-state index is -0.460. The van der Waals surface area contributed by atoms with Gasteiger partial charge in [0.25, 0.3) is 5.91 Å². The summed E-state index contributed by atoms with van der Waals surface area (Å²) in [7, 11) is 0. The molecule has 6 heteroatoms. The predicted octanol–water partition coefficient (Wildman–Crippen LogP) is 3.68. The van der Waals surface area contributed by atoms with Crippen molar-refractivity contribution in [1.82, 2.24) is 0 Å². The third-order valence-electron chi connectivity index (χ3n) is 3.47. The van der Waals surface area contributed by atoms with Crippen LogP contribution < -0.4 is 5.32 Å². The molecule has 1 heterocycles. The van der Waals surface area contributed by atoms with E-state index in [-0.39, 0.29) is 11.7 Å². The second-order valence-corrected chi connectivity index (χ2v) is 6.41. The normalized spacial score (nSPS) is 15.3. The molecule has 1 amide bonds. The molecule has 2 aromatic rings. The summed E-state index contributed by atoms with van der Waals surface area (Å²) in [5, 5.41) is 12.7. The van der Waals surface area contributed by atoms with Crippen LogP contribution in [0.1, 0.15) is 28.6 Å². The fourth-order valence-electron chi connectivity index (χ4n) is 2.28. The number of aromatic hydroxyl groups is 1. The Labute approximate surface area is 147 Å². The Kier molecular flexibility index (Phi) is 5.14. The van der Waals surface area contributed by atoms with Gasteiger partial charge >= 0.3 is 0 Å². The lowest BCUT2D eigenvalue weighted by atomic mass is 10.1. The van der Waals surface area contributed by atoms with E-state index in [0.717, 1.165) is 15.6 Å². The molecule has 0 bridgehead atoms. The lowest BCUT2D eigenvalue weighted by Crippen LogP contribution is -2.18. The third-order valence-corrected chi connectivity index (χ3v) is 4.19. The number of nitrogens with one attached hydrogen (secondary N) is 1. The average Bonchev–Trinajstić information content (AvgIpc) is 2.58. The van der Waals surface area contributed by atoms with Gasteiger partial charge in [-0.3, -0.25) is 4.79 Å². The van der Waals surface area contributed by atoms with Crippen LogP contribution in [0.3, 0.4) is 0 Å². The van der Waals surface area contributed by atoms with Crippen molar-refractivity contribution in [2.24, 2.45) is 0 Å². The number of anilines is 1. The van der Waals surface area contributed by atoms with E-state index in [0.29, 0.717) is 24.5 Å². The minimum absolute atomic E-state index is 0.00317. The highest BCUT2D eigenvalue weighted by Gasteiger charge is 2.18. The van der Waals surface area contributed by atoms with E-state index in [2.05, 4.69) is 27.9 Å². The Morgan fingerprint density at radius 1 is 1.13 bits per heavy atom. The molecule has 0 atom stereocenters. The molecular weight excluding hydrogens is 409 g/mol. The number of hydrogen-bond acceptors (Lipinski definition) is 4. The second-order valence-electron chi connectivity index (χ2n) is 5.16. The first-order valence-corrected chi connectivity index (χ1v) is 8.34. The van der Waals surface area contributed by atoms with Gasteiger partial charge in [-0.25, -0.2) is 0 Å². The summed E-state index contributed by atoms with van der Waals surface area (Å²) in [5.74, 6) is -0.275. The monoisotopic (exact) mass is 425 g/mol. The largest absolute Gasteiger partial charge is 0.506 e. The second kappa shape index (κ2) is 7.29. The Balaban J connectivity index is 1.78. The van der Waals surface area contributed by atoms with E-state index in [1.807, 2.05) is 12.1 Å². The highest BCUT2D eigenvalue weighted by atomic mass is 127. The van der Waals surface area contributed by atoms with Crippen molar-refractivity contribution in [2.45, 2.75) is 12.7 Å². The van der Waals surface area contributed by atoms with Crippen LogP contribution >= 0.6 is 22.6 Å². The predicted molar refractivity (Wildman–Crippen MR) is 94.5 cm³/mol. The molecule has 0 aliphatic carbocycles. The number of benzene rings is 2. The summed E-state index contributed by atoms with van der Waals surface area (Å²) >= 11 is 2.18. The molecule has 120 valence electrons. The number of halogens is 1. The smallest absolute Gasteiger partial charge is 0.255 e. The molecule has 0 aromatic heterocycles. The number of carbonyl (C=O) groups is 1. The molecule has 1 aliphatic rings. The Morgan fingerprint density at radius 3 is 2.52 bits per heavy atom. The van der Waals surface area contributed by atoms with Crippen LogP contribution in [0.25, 0.3) is 0 Å². The molecule has 1 aliphatic heterocycles. The van der Waals surface area contributed by atoms with E-state index < -0.39 is 6.29 Å². The Hall–Kier alpha value is -1.64. The van der Waals surface area contributed by atoms with Crippen molar-refractivity contribution >= 4 is 34.2 Å². The van der Waals surface area contributed by atoms with E-state index in [1.54, 1.807) is 24.3 Å². The van der Waals surface area contributed by atoms with E-state index in [1.165, 1.54) is 6.07 Å². The number of amides is 1. The van der Waals surface area contributed by atoms with Crippen LogP contribution in [-0.2, 0) is 9.47 Å². The first-order valence-electron chi connectivity index (χ1n) is 7.26. The lowest BCUT2D eigenvalue weighted by Gasteiger charge is -2.24. The molecule has 0 unspecified atom stereocenters. The van der Waals surface area contributed by atoms with Gasteiger partial charge in [0.15, 0.2) is 6.29 Å². The first-order chi connectivity index (χ1) is 11.1. The topological polar surface area (TPSA) is 67.8 Å². The highest BCUT2D eigenvalue weighted by Crippen LogP contribution is 2.30. The SMILES string of the molecule is O=C(Nc1cc(C2OCCCO2)ccc1O)c1ccc(I)cc1. The van der Waals surface area contributed by atoms with Gasteiger partial charge in [-0.2, -0.15) is 0 Å². The minimum Gasteiger partial charge on any atom is -0.506 e. The Bertz CT molecular complexity index is 696. The van der Waals surface area contributed by atoms with Gasteiger partial charge in [-0.1, -0.05) is 6.07 Å². The molecule has 2 N–H and O–H groups in total. The fraction of sp³-hybridized carbons (Fsp3) is 0.235. The maximum absolute atomic E-state index is 12.3. The summed E-state index contributed by atoms with van der Waals surface area (Å²) in [6.45, 7) is 1.27. The van der Waals surface area contributed by atoms with Crippen LogP contribution in [0.2, 0.25) is 0 Å². The zero-order chi connectivity index (χ0) is 16.2. The molecule has 0 saturated carbocycles. The number of phenolic OH excluding ortho intramolecular Hbond substituents is 1. The van der Waals surface area contributed by atoms with Gasteiger partial charge in [0, 0.05) is 14.7 Å². The molecule has 0 radical (unpaired) electrons. The number of rotatable bonds is 3. The van der Waals surface area contributed by atoms with Crippen molar-refractivity contribution in [3.05, 3.63) is 57.2 Å². The van der Waals surface area contributed by atoms with Crippen LogP contribution in [-0.4, -0.2) is 24.2 Å². The van der Waals surface area contributed by atoms with Crippen molar-refractivity contribution < 1.29 is 19.4 Å². The molecule has 5 nitrogen and oxygen atoms in total. The number of phenols is 1. The van der Waals surface area contributed by atoms with Crippen molar-refractivity contribution in [3.8, 4) is 5.75 Å². The molecule has 2 aromatic carbocycles. The first kappa shape index (κ1) is 16.2. The van der Waals surface area contributed by atoms with E-state index >= 15 is 0 Å². The molecular formula is C17H16INO4. The average molecular weight is 425 g/mol. The quantitative estimate of drug-likeness (QED) is 0.582. The molecule has 23 heavy (non-hydrogen) atoms. The summed E-state index contributed by atoms with van der Waals surface area (Å²) in [6, 6.07) is 12.1. The zero-order valence-corrected chi connectivity index (χ0v) is 14.4.